The topological polar surface area (TPSA) is 47.4 Å². The van der Waals surface area contributed by atoms with Gasteiger partial charge in [-0.05, 0) is 30.5 Å². The summed E-state index contributed by atoms with van der Waals surface area (Å²) in [5.74, 6) is 0. The summed E-state index contributed by atoms with van der Waals surface area (Å²) in [7, 11) is 0. The molecule has 0 spiro atoms. The van der Waals surface area contributed by atoms with Gasteiger partial charge in [0.15, 0.2) is 0 Å². The summed E-state index contributed by atoms with van der Waals surface area (Å²) in [6.07, 6.45) is 6.91. The van der Waals surface area contributed by atoms with Crippen molar-refractivity contribution in [1.29, 1.82) is 0 Å². The highest BCUT2D eigenvalue weighted by Crippen LogP contribution is 2.25. The lowest BCUT2D eigenvalue weighted by atomic mass is 10.2. The molecular weight excluding hydrogens is 274 g/mol. The van der Waals surface area contributed by atoms with Crippen LogP contribution in [0.1, 0.15) is 0 Å². The molecule has 0 unspecified atom stereocenters. The summed E-state index contributed by atoms with van der Waals surface area (Å²) in [6, 6.07) is 7.92. The van der Waals surface area contributed by atoms with Crippen molar-refractivity contribution < 1.29 is 9.53 Å². The minimum absolute atomic E-state index is 0.142. The zero-order valence-corrected chi connectivity index (χ0v) is 11.9. The number of anilines is 1. The molecule has 1 aromatic heterocycles. The van der Waals surface area contributed by atoms with Crippen LogP contribution >= 0.6 is 11.8 Å². The third-order valence-corrected chi connectivity index (χ3v) is 3.98. The van der Waals surface area contributed by atoms with Crippen molar-refractivity contribution in [3.8, 4) is 0 Å². The maximum Gasteiger partial charge on any atom is 0.414 e. The lowest BCUT2D eigenvalue weighted by Gasteiger charge is -2.13. The van der Waals surface area contributed by atoms with Gasteiger partial charge in [0, 0.05) is 23.0 Å². The fourth-order valence-corrected chi connectivity index (χ4v) is 2.63. The Kier molecular flexibility index (Phi) is 3.64. The predicted octanol–water partition coefficient (Wildman–Crippen LogP) is 2.63. The first-order valence-electron chi connectivity index (χ1n) is 6.34. The Hall–Kier alpha value is -1.95. The molecule has 1 amide bonds. The van der Waals surface area contributed by atoms with Crippen molar-refractivity contribution in [1.82, 2.24) is 9.55 Å². The van der Waals surface area contributed by atoms with E-state index in [2.05, 4.69) is 4.98 Å². The number of benzene rings is 1. The van der Waals surface area contributed by atoms with E-state index in [0.717, 1.165) is 5.69 Å². The van der Waals surface area contributed by atoms with Crippen molar-refractivity contribution in [2.75, 3.05) is 17.7 Å². The highest BCUT2D eigenvalue weighted by molar-refractivity contribution is 7.98. The van der Waals surface area contributed by atoms with Crippen LogP contribution in [0, 0.1) is 0 Å². The van der Waals surface area contributed by atoms with Crippen LogP contribution in [0.5, 0.6) is 0 Å². The smallest absolute Gasteiger partial charge is 0.414 e. The molecule has 6 heteroatoms. The van der Waals surface area contributed by atoms with Gasteiger partial charge < -0.3 is 9.30 Å². The highest BCUT2D eigenvalue weighted by atomic mass is 32.2. The van der Waals surface area contributed by atoms with E-state index in [9.17, 15) is 4.79 Å². The van der Waals surface area contributed by atoms with Crippen molar-refractivity contribution >= 4 is 23.5 Å². The van der Waals surface area contributed by atoms with Crippen LogP contribution in [0.15, 0.2) is 47.9 Å². The number of amides is 1. The number of nitrogens with zero attached hydrogens (tertiary/aromatic N) is 3. The van der Waals surface area contributed by atoms with Crippen LogP contribution in [0.4, 0.5) is 10.5 Å². The number of aromatic nitrogens is 2. The average molecular weight is 289 g/mol. The molecule has 0 radical (unpaired) electrons. The number of ether oxygens (including phenoxy) is 1. The Bertz CT molecular complexity index is 583. The van der Waals surface area contributed by atoms with Crippen molar-refractivity contribution in [2.24, 2.45) is 0 Å². The molecule has 1 aromatic carbocycles. The first-order valence-corrected chi connectivity index (χ1v) is 7.56. The highest BCUT2D eigenvalue weighted by Gasteiger charge is 2.32. The second-order valence-corrected chi connectivity index (χ2v) is 5.45. The molecule has 0 aliphatic carbocycles. The maximum absolute atomic E-state index is 11.9. The van der Waals surface area contributed by atoms with E-state index in [0.29, 0.717) is 13.1 Å². The normalized spacial score (nSPS) is 18.4. The molecule has 3 rings (SSSR count). The van der Waals surface area contributed by atoms with E-state index in [4.69, 9.17) is 4.74 Å². The second kappa shape index (κ2) is 5.58. The number of rotatable bonds is 4. The van der Waals surface area contributed by atoms with Gasteiger partial charge in [-0.1, -0.05) is 0 Å². The van der Waals surface area contributed by atoms with Gasteiger partial charge in [0.25, 0.3) is 0 Å². The molecule has 104 valence electrons. The van der Waals surface area contributed by atoms with Gasteiger partial charge in [-0.25, -0.2) is 9.78 Å². The Morgan fingerprint density at radius 2 is 2.20 bits per heavy atom. The van der Waals surface area contributed by atoms with E-state index in [1.807, 2.05) is 41.3 Å². The monoisotopic (exact) mass is 289 g/mol. The maximum atomic E-state index is 11.9. The fourth-order valence-electron chi connectivity index (χ4n) is 2.22. The van der Waals surface area contributed by atoms with Crippen LogP contribution in [0.25, 0.3) is 0 Å². The van der Waals surface area contributed by atoms with Crippen molar-refractivity contribution in [3.05, 3.63) is 43.0 Å². The molecule has 1 aliphatic rings. The summed E-state index contributed by atoms with van der Waals surface area (Å²) in [5, 5.41) is 0. The number of hydrogen-bond acceptors (Lipinski definition) is 4. The van der Waals surface area contributed by atoms with E-state index in [1.165, 1.54) is 4.90 Å². The van der Waals surface area contributed by atoms with E-state index in [1.54, 1.807) is 29.2 Å². The van der Waals surface area contributed by atoms with Gasteiger partial charge in [0.2, 0.25) is 0 Å². The molecule has 1 atom stereocenters. The van der Waals surface area contributed by atoms with Crippen LogP contribution < -0.4 is 4.90 Å². The van der Waals surface area contributed by atoms with Gasteiger partial charge in [0.05, 0.1) is 19.4 Å². The molecule has 2 heterocycles. The molecule has 1 aliphatic heterocycles. The molecular formula is C14H15N3O2S. The SMILES string of the molecule is CSc1ccc(N2C[C@H](Cn3ccnc3)OC2=O)cc1. The first-order chi connectivity index (χ1) is 9.76. The van der Waals surface area contributed by atoms with Crippen LogP contribution in [0.3, 0.4) is 0 Å². The summed E-state index contributed by atoms with van der Waals surface area (Å²) in [4.78, 5) is 18.8. The zero-order chi connectivity index (χ0) is 13.9. The fraction of sp³-hybridized carbons (Fsp3) is 0.286. The average Bonchev–Trinajstić information content (AvgIpc) is 3.09. The largest absolute Gasteiger partial charge is 0.442 e. The van der Waals surface area contributed by atoms with Gasteiger partial charge in [-0.2, -0.15) is 0 Å². The van der Waals surface area contributed by atoms with Gasteiger partial charge >= 0.3 is 6.09 Å². The number of thioether (sulfide) groups is 1. The minimum atomic E-state index is -0.285. The third kappa shape index (κ3) is 2.65. The molecule has 5 nitrogen and oxygen atoms in total. The quantitative estimate of drug-likeness (QED) is 0.812. The Morgan fingerprint density at radius 1 is 1.40 bits per heavy atom. The molecule has 0 N–H and O–H groups in total. The number of carbonyl (C=O) groups excluding carboxylic acids is 1. The second-order valence-electron chi connectivity index (χ2n) is 4.57. The predicted molar refractivity (Wildman–Crippen MR) is 78.1 cm³/mol. The number of carbonyl (C=O) groups is 1. The van der Waals surface area contributed by atoms with Crippen molar-refractivity contribution in [3.63, 3.8) is 0 Å². The van der Waals surface area contributed by atoms with E-state index in [-0.39, 0.29) is 12.2 Å². The molecule has 1 saturated heterocycles. The summed E-state index contributed by atoms with van der Waals surface area (Å²) in [5.41, 5.74) is 0.876. The summed E-state index contributed by atoms with van der Waals surface area (Å²) in [6.45, 7) is 1.20. The summed E-state index contributed by atoms with van der Waals surface area (Å²) >= 11 is 1.68. The lowest BCUT2D eigenvalue weighted by Crippen LogP contribution is -2.25. The minimum Gasteiger partial charge on any atom is -0.442 e. The molecule has 0 saturated carbocycles. The van der Waals surface area contributed by atoms with Crippen LogP contribution in [-0.2, 0) is 11.3 Å². The molecule has 20 heavy (non-hydrogen) atoms. The first kappa shape index (κ1) is 13.1. The van der Waals surface area contributed by atoms with Crippen LogP contribution in [-0.4, -0.2) is 34.5 Å². The van der Waals surface area contributed by atoms with Gasteiger partial charge in [-0.15, -0.1) is 11.8 Å². The Morgan fingerprint density at radius 3 is 2.85 bits per heavy atom. The number of cyclic esters (lactones) is 1. The Labute approximate surface area is 121 Å². The molecule has 1 fully saturated rings. The van der Waals surface area contributed by atoms with Crippen LogP contribution in [0.2, 0.25) is 0 Å². The van der Waals surface area contributed by atoms with Gasteiger partial charge in [0.1, 0.15) is 6.10 Å². The third-order valence-electron chi connectivity index (χ3n) is 3.23. The van der Waals surface area contributed by atoms with Gasteiger partial charge in [-0.3, -0.25) is 4.90 Å². The van der Waals surface area contributed by atoms with E-state index < -0.39 is 0 Å². The Balaban J connectivity index is 1.69. The standard InChI is InChI=1S/C14H15N3O2S/c1-20-13-4-2-11(3-5-13)17-9-12(19-14(17)18)8-16-7-6-15-10-16/h2-7,10,12H,8-9H2,1H3/t12-/m0/s1. The molecule has 0 bridgehead atoms. The zero-order valence-electron chi connectivity index (χ0n) is 11.1. The number of hydrogen-bond donors (Lipinski definition) is 0. The molecule has 2 aromatic rings. The summed E-state index contributed by atoms with van der Waals surface area (Å²) < 4.78 is 7.31. The van der Waals surface area contributed by atoms with Crippen molar-refractivity contribution in [2.45, 2.75) is 17.5 Å². The van der Waals surface area contributed by atoms with E-state index >= 15 is 0 Å². The lowest BCUT2D eigenvalue weighted by molar-refractivity contribution is 0.132. The number of imidazole rings is 1.